The lowest BCUT2D eigenvalue weighted by atomic mass is 10.2. The summed E-state index contributed by atoms with van der Waals surface area (Å²) in [6.07, 6.45) is 1.39. The molecule has 2 N–H and O–H groups in total. The van der Waals surface area contributed by atoms with Crippen molar-refractivity contribution in [3.05, 3.63) is 83.1 Å². The van der Waals surface area contributed by atoms with Crippen LogP contribution in [0.15, 0.2) is 71.8 Å². The highest BCUT2D eigenvalue weighted by Crippen LogP contribution is 2.25. The zero-order valence-corrected chi connectivity index (χ0v) is 18.8. The second-order valence-electron chi connectivity index (χ2n) is 6.76. The monoisotopic (exact) mass is 485 g/mol. The van der Waals surface area contributed by atoms with Crippen molar-refractivity contribution < 1.29 is 28.2 Å². The van der Waals surface area contributed by atoms with Gasteiger partial charge in [-0.05, 0) is 60.2 Å². The zero-order chi connectivity index (χ0) is 24.3. The van der Waals surface area contributed by atoms with E-state index < -0.39 is 17.6 Å². The van der Waals surface area contributed by atoms with Crippen LogP contribution in [0.4, 0.5) is 10.1 Å². The number of carbonyl (C=O) groups is 2. The summed E-state index contributed by atoms with van der Waals surface area (Å²) in [6.45, 7) is -0.572. The quantitative estimate of drug-likeness (QED) is 0.334. The Labute approximate surface area is 200 Å². The molecule has 10 heteroatoms. The standard InChI is InChI=1S/C24H21ClFN3O5/c1-32-17-7-9-18(10-8-17)33-15-24(31)29-27-13-16-6-11-22(19(25)12-16)34-14-23(30)28-21-5-3-2-4-20(21)26/h2-13H,14-15H2,1H3,(H,28,30)(H,29,31). The molecule has 0 radical (unpaired) electrons. The smallest absolute Gasteiger partial charge is 0.277 e. The molecule has 3 rings (SSSR count). The molecule has 0 fully saturated rings. The van der Waals surface area contributed by atoms with E-state index >= 15 is 0 Å². The predicted molar refractivity (Wildman–Crippen MR) is 126 cm³/mol. The lowest BCUT2D eigenvalue weighted by Gasteiger charge is -2.09. The van der Waals surface area contributed by atoms with Crippen LogP contribution in [0.5, 0.6) is 17.2 Å². The maximum absolute atomic E-state index is 13.6. The van der Waals surface area contributed by atoms with Crippen molar-refractivity contribution in [3.8, 4) is 17.2 Å². The molecule has 0 atom stereocenters. The van der Waals surface area contributed by atoms with Crippen LogP contribution in [0.3, 0.4) is 0 Å². The van der Waals surface area contributed by atoms with Crippen LogP contribution in [0.2, 0.25) is 5.02 Å². The first-order valence-corrected chi connectivity index (χ1v) is 10.4. The van der Waals surface area contributed by atoms with Crippen molar-refractivity contribution in [2.45, 2.75) is 0 Å². The Morgan fingerprint density at radius 2 is 1.68 bits per heavy atom. The Morgan fingerprint density at radius 1 is 0.971 bits per heavy atom. The number of anilines is 1. The van der Waals surface area contributed by atoms with E-state index in [4.69, 9.17) is 25.8 Å². The third kappa shape index (κ3) is 7.49. The number of para-hydroxylation sites is 1. The third-order valence-electron chi connectivity index (χ3n) is 4.29. The van der Waals surface area contributed by atoms with Crippen LogP contribution in [-0.2, 0) is 9.59 Å². The molecule has 0 saturated heterocycles. The topological polar surface area (TPSA) is 98.2 Å². The minimum absolute atomic E-state index is 0.0604. The van der Waals surface area contributed by atoms with Gasteiger partial charge in [-0.3, -0.25) is 9.59 Å². The van der Waals surface area contributed by atoms with Gasteiger partial charge in [0.25, 0.3) is 11.8 Å². The van der Waals surface area contributed by atoms with Gasteiger partial charge >= 0.3 is 0 Å². The number of hydrogen-bond acceptors (Lipinski definition) is 6. The molecule has 3 aromatic rings. The lowest BCUT2D eigenvalue weighted by Crippen LogP contribution is -2.24. The second kappa shape index (κ2) is 12.2. The number of benzene rings is 3. The number of rotatable bonds is 10. The fraction of sp³-hybridized carbons (Fsp3) is 0.125. The zero-order valence-electron chi connectivity index (χ0n) is 18.1. The number of hydrazone groups is 1. The van der Waals surface area contributed by atoms with Gasteiger partial charge in [0.2, 0.25) is 0 Å². The van der Waals surface area contributed by atoms with E-state index in [9.17, 15) is 14.0 Å². The summed E-state index contributed by atoms with van der Waals surface area (Å²) in [5.41, 5.74) is 3.00. The van der Waals surface area contributed by atoms with Crippen LogP contribution in [-0.4, -0.2) is 38.4 Å². The van der Waals surface area contributed by atoms with Gasteiger partial charge in [0.15, 0.2) is 13.2 Å². The molecule has 2 amide bonds. The van der Waals surface area contributed by atoms with E-state index in [1.807, 2.05) is 0 Å². The number of halogens is 2. The summed E-state index contributed by atoms with van der Waals surface area (Å²) in [7, 11) is 1.56. The highest BCUT2D eigenvalue weighted by atomic mass is 35.5. The Morgan fingerprint density at radius 3 is 2.38 bits per heavy atom. The normalized spacial score (nSPS) is 10.6. The van der Waals surface area contributed by atoms with Gasteiger partial charge in [-0.1, -0.05) is 23.7 Å². The molecule has 0 unspecified atom stereocenters. The average Bonchev–Trinajstić information content (AvgIpc) is 2.84. The van der Waals surface area contributed by atoms with E-state index in [1.54, 1.807) is 55.6 Å². The van der Waals surface area contributed by atoms with Crippen molar-refractivity contribution in [1.82, 2.24) is 5.43 Å². The van der Waals surface area contributed by atoms with Crippen molar-refractivity contribution in [2.75, 3.05) is 25.6 Å². The molecule has 176 valence electrons. The fourth-order valence-electron chi connectivity index (χ4n) is 2.64. The summed E-state index contributed by atoms with van der Waals surface area (Å²) in [6, 6.07) is 17.4. The summed E-state index contributed by atoms with van der Waals surface area (Å²) in [5, 5.41) is 6.51. The minimum Gasteiger partial charge on any atom is -0.497 e. The summed E-state index contributed by atoms with van der Waals surface area (Å²) in [5.74, 6) is -0.0612. The Hall–Kier alpha value is -4.11. The Bertz CT molecular complexity index is 1170. The molecular weight excluding hydrogens is 465 g/mol. The molecule has 0 aromatic heterocycles. The van der Waals surface area contributed by atoms with Crippen molar-refractivity contribution in [3.63, 3.8) is 0 Å². The van der Waals surface area contributed by atoms with Crippen molar-refractivity contribution in [1.29, 1.82) is 0 Å². The number of methoxy groups -OCH3 is 1. The number of nitrogens with zero attached hydrogens (tertiary/aromatic N) is 1. The summed E-state index contributed by atoms with van der Waals surface area (Å²) < 4.78 is 29.4. The number of nitrogens with one attached hydrogen (secondary N) is 2. The average molecular weight is 486 g/mol. The van der Waals surface area contributed by atoms with E-state index in [1.165, 1.54) is 24.4 Å². The largest absolute Gasteiger partial charge is 0.497 e. The van der Waals surface area contributed by atoms with Crippen molar-refractivity contribution >= 4 is 35.3 Å². The first-order chi connectivity index (χ1) is 16.4. The number of carbonyl (C=O) groups excluding carboxylic acids is 2. The second-order valence-corrected chi connectivity index (χ2v) is 7.17. The van der Waals surface area contributed by atoms with Crippen molar-refractivity contribution in [2.24, 2.45) is 5.10 Å². The summed E-state index contributed by atoms with van der Waals surface area (Å²) in [4.78, 5) is 23.8. The third-order valence-corrected chi connectivity index (χ3v) is 4.59. The first kappa shape index (κ1) is 24.5. The molecule has 0 heterocycles. The highest BCUT2D eigenvalue weighted by molar-refractivity contribution is 6.32. The van der Waals surface area contributed by atoms with Gasteiger partial charge in [-0.2, -0.15) is 5.10 Å². The fourth-order valence-corrected chi connectivity index (χ4v) is 2.88. The van der Waals surface area contributed by atoms with Gasteiger partial charge in [0.1, 0.15) is 23.1 Å². The summed E-state index contributed by atoms with van der Waals surface area (Å²) >= 11 is 6.18. The van der Waals surface area contributed by atoms with E-state index in [2.05, 4.69) is 15.8 Å². The van der Waals surface area contributed by atoms with E-state index in [0.717, 1.165) is 0 Å². The molecule has 0 saturated carbocycles. The van der Waals surface area contributed by atoms with E-state index in [-0.39, 0.29) is 29.7 Å². The molecule has 0 bridgehead atoms. The molecule has 0 aliphatic carbocycles. The molecule has 3 aromatic carbocycles. The van der Waals surface area contributed by atoms with Gasteiger partial charge in [0, 0.05) is 0 Å². The van der Waals surface area contributed by atoms with Crippen LogP contribution in [0.25, 0.3) is 0 Å². The first-order valence-electron chi connectivity index (χ1n) is 10.00. The number of hydrogen-bond donors (Lipinski definition) is 2. The predicted octanol–water partition coefficient (Wildman–Crippen LogP) is 4.03. The van der Waals surface area contributed by atoms with Gasteiger partial charge in [-0.25, -0.2) is 9.82 Å². The molecule has 34 heavy (non-hydrogen) atoms. The lowest BCUT2D eigenvalue weighted by molar-refractivity contribution is -0.123. The van der Waals surface area contributed by atoms with Gasteiger partial charge in [0.05, 0.1) is 24.0 Å². The minimum atomic E-state index is -0.545. The van der Waals surface area contributed by atoms with Crippen LogP contribution >= 0.6 is 11.6 Å². The molecule has 0 aliphatic heterocycles. The van der Waals surface area contributed by atoms with E-state index in [0.29, 0.717) is 17.1 Å². The SMILES string of the molecule is COc1ccc(OCC(=O)NN=Cc2ccc(OCC(=O)Nc3ccccc3F)c(Cl)c2)cc1. The number of amides is 2. The number of ether oxygens (including phenoxy) is 3. The Kier molecular flexibility index (Phi) is 8.81. The Balaban J connectivity index is 1.44. The molecular formula is C24H21ClFN3O5. The van der Waals surface area contributed by atoms with Gasteiger partial charge < -0.3 is 19.5 Å². The maximum atomic E-state index is 13.6. The van der Waals surface area contributed by atoms with Gasteiger partial charge in [-0.15, -0.1) is 0 Å². The maximum Gasteiger partial charge on any atom is 0.277 e. The van der Waals surface area contributed by atoms with Crippen LogP contribution < -0.4 is 25.0 Å². The van der Waals surface area contributed by atoms with Crippen LogP contribution in [0.1, 0.15) is 5.56 Å². The molecule has 8 nitrogen and oxygen atoms in total. The van der Waals surface area contributed by atoms with Crippen LogP contribution in [0, 0.1) is 5.82 Å². The molecule has 0 spiro atoms. The highest BCUT2D eigenvalue weighted by Gasteiger charge is 2.09. The molecule has 0 aliphatic rings.